The molecule has 0 fully saturated rings. The summed E-state index contributed by atoms with van der Waals surface area (Å²) in [7, 11) is 0. The van der Waals surface area contributed by atoms with E-state index < -0.39 is 6.04 Å². The van der Waals surface area contributed by atoms with E-state index in [0.717, 1.165) is 5.56 Å². The number of nitrogens with zero attached hydrogens (tertiary/aromatic N) is 2. The van der Waals surface area contributed by atoms with Crippen LogP contribution in [0, 0.1) is 5.92 Å². The summed E-state index contributed by atoms with van der Waals surface area (Å²) in [6, 6.07) is 11.0. The summed E-state index contributed by atoms with van der Waals surface area (Å²) in [4.78, 5) is 53.8. The minimum absolute atomic E-state index is 0.0660. The van der Waals surface area contributed by atoms with Crippen molar-refractivity contribution in [2.75, 3.05) is 13.1 Å². The smallest absolute Gasteiger partial charge is 0.261 e. The van der Waals surface area contributed by atoms with Crippen molar-refractivity contribution in [3.63, 3.8) is 0 Å². The number of benzene rings is 2. The highest BCUT2D eigenvalue weighted by Gasteiger charge is 2.35. The summed E-state index contributed by atoms with van der Waals surface area (Å²) in [6.45, 7) is 6.43. The third kappa shape index (κ3) is 6.41. The molecule has 1 unspecified atom stereocenters. The van der Waals surface area contributed by atoms with Gasteiger partial charge >= 0.3 is 0 Å². The Kier molecular flexibility index (Phi) is 8.92. The molecule has 1 atom stereocenters. The zero-order valence-corrected chi connectivity index (χ0v) is 21.5. The van der Waals surface area contributed by atoms with Gasteiger partial charge in [-0.3, -0.25) is 24.1 Å². The zero-order valence-electron chi connectivity index (χ0n) is 20.0. The predicted molar refractivity (Wildman–Crippen MR) is 135 cm³/mol. The van der Waals surface area contributed by atoms with Gasteiger partial charge in [-0.15, -0.1) is 0 Å². The summed E-state index contributed by atoms with van der Waals surface area (Å²) in [5.41, 5.74) is 1.48. The summed E-state index contributed by atoms with van der Waals surface area (Å²) < 4.78 is 0. The summed E-state index contributed by atoms with van der Waals surface area (Å²) in [5, 5.41) is 3.63. The molecule has 35 heavy (non-hydrogen) atoms. The van der Waals surface area contributed by atoms with Crippen LogP contribution in [0.4, 0.5) is 0 Å². The second kappa shape index (κ2) is 11.7. The third-order valence-electron chi connectivity index (χ3n) is 5.84. The van der Waals surface area contributed by atoms with E-state index in [1.807, 2.05) is 13.8 Å². The van der Waals surface area contributed by atoms with Crippen LogP contribution in [0.1, 0.15) is 59.9 Å². The number of nitrogens with one attached hydrogen (secondary N) is 1. The van der Waals surface area contributed by atoms with Gasteiger partial charge in [0.1, 0.15) is 6.04 Å². The second-order valence-corrected chi connectivity index (χ2v) is 9.81. The number of hydrogen-bond donors (Lipinski definition) is 1. The average Bonchev–Trinajstić information content (AvgIpc) is 3.07. The maximum absolute atomic E-state index is 13.2. The monoisotopic (exact) mass is 517 g/mol. The Morgan fingerprint density at radius 1 is 0.971 bits per heavy atom. The minimum Gasteiger partial charge on any atom is -0.354 e. The molecule has 0 radical (unpaired) electrons. The van der Waals surface area contributed by atoms with Crippen LogP contribution in [0.25, 0.3) is 0 Å². The number of imide groups is 1. The molecule has 7 nitrogen and oxygen atoms in total. The lowest BCUT2D eigenvalue weighted by Crippen LogP contribution is -2.48. The molecule has 1 N–H and O–H groups in total. The number of fused-ring (bicyclic) bond motifs is 1. The Bertz CT molecular complexity index is 1100. The van der Waals surface area contributed by atoms with Crippen molar-refractivity contribution in [1.82, 2.24) is 15.1 Å². The zero-order chi connectivity index (χ0) is 25.7. The highest BCUT2D eigenvalue weighted by Crippen LogP contribution is 2.25. The average molecular weight is 518 g/mol. The highest BCUT2D eigenvalue weighted by molar-refractivity contribution is 6.42. The Morgan fingerprint density at radius 2 is 1.60 bits per heavy atom. The van der Waals surface area contributed by atoms with Gasteiger partial charge in [-0.1, -0.05) is 55.2 Å². The van der Waals surface area contributed by atoms with Gasteiger partial charge in [-0.25, -0.2) is 0 Å². The molecule has 2 aromatic carbocycles. The standard InChI is InChI=1S/C26H29Cl2N3O4/c1-16(2)14-29-24(33)17(3)31(15-18-10-11-21(27)22(28)13-18)23(32)9-6-12-30-25(34)19-7-4-5-8-20(19)26(30)35/h4-5,7-8,10-11,13,16-17H,6,9,12,14-15H2,1-3H3,(H,29,33). The first-order chi connectivity index (χ1) is 16.6. The molecular weight excluding hydrogens is 489 g/mol. The molecular formula is C26H29Cl2N3O4. The van der Waals surface area contributed by atoms with Gasteiger partial charge in [-0.05, 0) is 49.1 Å². The van der Waals surface area contributed by atoms with Crippen molar-refractivity contribution in [1.29, 1.82) is 0 Å². The van der Waals surface area contributed by atoms with Crippen molar-refractivity contribution < 1.29 is 19.2 Å². The van der Waals surface area contributed by atoms with Crippen LogP contribution in [0.5, 0.6) is 0 Å². The van der Waals surface area contributed by atoms with Crippen molar-refractivity contribution in [2.24, 2.45) is 5.92 Å². The predicted octanol–water partition coefficient (Wildman–Crippen LogP) is 4.56. The largest absolute Gasteiger partial charge is 0.354 e. The Balaban J connectivity index is 1.68. The number of carbonyl (C=O) groups is 4. The number of amides is 4. The van der Waals surface area contributed by atoms with Crippen LogP contribution in [0.3, 0.4) is 0 Å². The highest BCUT2D eigenvalue weighted by atomic mass is 35.5. The molecule has 186 valence electrons. The number of hydrogen-bond acceptors (Lipinski definition) is 4. The van der Waals surface area contributed by atoms with E-state index in [4.69, 9.17) is 23.2 Å². The summed E-state index contributed by atoms with van der Waals surface area (Å²) in [6.07, 6.45) is 0.346. The van der Waals surface area contributed by atoms with E-state index in [-0.39, 0.29) is 55.5 Å². The van der Waals surface area contributed by atoms with Gasteiger partial charge in [0, 0.05) is 26.1 Å². The van der Waals surface area contributed by atoms with Gasteiger partial charge in [-0.2, -0.15) is 0 Å². The quantitative estimate of drug-likeness (QED) is 0.468. The van der Waals surface area contributed by atoms with E-state index in [0.29, 0.717) is 27.7 Å². The maximum Gasteiger partial charge on any atom is 0.261 e. The topological polar surface area (TPSA) is 86.8 Å². The fraction of sp³-hybridized carbons (Fsp3) is 0.385. The van der Waals surface area contributed by atoms with Crippen molar-refractivity contribution in [2.45, 2.75) is 46.2 Å². The van der Waals surface area contributed by atoms with Gasteiger partial charge in [0.05, 0.1) is 21.2 Å². The summed E-state index contributed by atoms with van der Waals surface area (Å²) >= 11 is 12.2. The van der Waals surface area contributed by atoms with Crippen LogP contribution in [-0.4, -0.2) is 52.6 Å². The van der Waals surface area contributed by atoms with Crippen molar-refractivity contribution in [3.05, 3.63) is 69.2 Å². The molecule has 9 heteroatoms. The molecule has 0 saturated carbocycles. The van der Waals surface area contributed by atoms with Crippen LogP contribution in [0.15, 0.2) is 42.5 Å². The molecule has 0 aromatic heterocycles. The molecule has 4 amide bonds. The first kappa shape index (κ1) is 26.7. The van der Waals surface area contributed by atoms with Crippen molar-refractivity contribution >= 4 is 46.8 Å². The van der Waals surface area contributed by atoms with Crippen LogP contribution >= 0.6 is 23.2 Å². The molecule has 0 aliphatic carbocycles. The molecule has 1 heterocycles. The number of halogens is 2. The molecule has 2 aromatic rings. The van der Waals surface area contributed by atoms with Gasteiger partial charge in [0.25, 0.3) is 11.8 Å². The van der Waals surface area contributed by atoms with Crippen LogP contribution < -0.4 is 5.32 Å². The molecule has 0 saturated heterocycles. The molecule has 0 bridgehead atoms. The number of rotatable bonds is 10. The SMILES string of the molecule is CC(C)CNC(=O)C(C)N(Cc1ccc(Cl)c(Cl)c1)C(=O)CCCN1C(=O)c2ccccc2C1=O. The molecule has 1 aliphatic rings. The number of carbonyl (C=O) groups excluding carboxylic acids is 4. The molecule has 3 rings (SSSR count). The van der Waals surface area contributed by atoms with Crippen LogP contribution in [0.2, 0.25) is 10.0 Å². The van der Waals surface area contributed by atoms with E-state index in [1.54, 1.807) is 49.4 Å². The molecule has 1 aliphatic heterocycles. The van der Waals surface area contributed by atoms with E-state index >= 15 is 0 Å². The Hall–Kier alpha value is -2.90. The van der Waals surface area contributed by atoms with E-state index in [1.165, 1.54) is 9.80 Å². The third-order valence-corrected chi connectivity index (χ3v) is 6.58. The first-order valence-electron chi connectivity index (χ1n) is 11.6. The lowest BCUT2D eigenvalue weighted by atomic mass is 10.1. The summed E-state index contributed by atoms with van der Waals surface area (Å²) in [5.74, 6) is -0.961. The van der Waals surface area contributed by atoms with E-state index in [9.17, 15) is 19.2 Å². The van der Waals surface area contributed by atoms with Gasteiger partial charge < -0.3 is 10.2 Å². The Labute approximate surface area is 215 Å². The van der Waals surface area contributed by atoms with E-state index in [2.05, 4.69) is 5.32 Å². The van der Waals surface area contributed by atoms with Crippen LogP contribution in [-0.2, 0) is 16.1 Å². The lowest BCUT2D eigenvalue weighted by molar-refractivity contribution is -0.140. The Morgan fingerprint density at radius 3 is 2.17 bits per heavy atom. The minimum atomic E-state index is -0.727. The lowest BCUT2D eigenvalue weighted by Gasteiger charge is -2.29. The maximum atomic E-state index is 13.2. The second-order valence-electron chi connectivity index (χ2n) is 9.00. The van der Waals surface area contributed by atoms with Crippen molar-refractivity contribution in [3.8, 4) is 0 Å². The normalized spacial score (nSPS) is 13.7. The van der Waals surface area contributed by atoms with Gasteiger partial charge in [0.2, 0.25) is 11.8 Å². The fourth-order valence-corrected chi connectivity index (χ4v) is 4.16. The molecule has 0 spiro atoms. The fourth-order valence-electron chi connectivity index (χ4n) is 3.84. The first-order valence-corrected chi connectivity index (χ1v) is 12.3. The van der Waals surface area contributed by atoms with Gasteiger partial charge in [0.15, 0.2) is 0 Å².